The van der Waals surface area contributed by atoms with E-state index < -0.39 is 16.3 Å². The highest BCUT2D eigenvalue weighted by Gasteiger charge is 2.38. The monoisotopic (exact) mass is 229 g/mol. The van der Waals surface area contributed by atoms with Gasteiger partial charge in [-0.2, -0.15) is 22.3 Å². The van der Waals surface area contributed by atoms with Gasteiger partial charge in [0.2, 0.25) is 0 Å². The fourth-order valence-electron chi connectivity index (χ4n) is 2.21. The van der Waals surface area contributed by atoms with Gasteiger partial charge >= 0.3 is 0 Å². The van der Waals surface area contributed by atoms with Crippen LogP contribution in [0.4, 0.5) is 0 Å². The maximum absolute atomic E-state index is 12.1. The molecule has 0 saturated carbocycles. The Hall–Kier alpha value is -0.640. The van der Waals surface area contributed by atoms with Crippen LogP contribution in [0.25, 0.3) is 0 Å². The zero-order valence-corrected chi connectivity index (χ0v) is 9.41. The van der Waals surface area contributed by atoms with E-state index in [-0.39, 0.29) is 0 Å². The summed E-state index contributed by atoms with van der Waals surface area (Å²) in [6, 6.07) is 1.62. The van der Waals surface area contributed by atoms with Gasteiger partial charge in [-0.25, -0.2) is 0 Å². The van der Waals surface area contributed by atoms with E-state index in [0.717, 1.165) is 19.3 Å². The van der Waals surface area contributed by atoms with Crippen LogP contribution in [0, 0.1) is 11.3 Å². The van der Waals surface area contributed by atoms with Gasteiger partial charge < -0.3 is 0 Å². The molecule has 1 unspecified atom stereocenters. The van der Waals surface area contributed by atoms with Crippen molar-refractivity contribution in [3.8, 4) is 6.07 Å². The topological polar surface area (TPSA) is 64.4 Å². The van der Waals surface area contributed by atoms with Crippen LogP contribution in [-0.2, 0) is 10.2 Å². The Morgan fingerprint density at radius 3 is 2.40 bits per heavy atom. The maximum Gasteiger partial charge on any atom is 0.283 e. The van der Waals surface area contributed by atoms with Crippen LogP contribution in [0.1, 0.15) is 25.7 Å². The normalized spacial score (nSPS) is 29.4. The maximum atomic E-state index is 12.1. The molecule has 0 aromatic rings. The standard InChI is InChI=1S/C9H15N3O2S/c10-8-9-4-3-7-12(9)15(13,14)11-5-1-2-6-11/h9H,1-7H2. The van der Waals surface area contributed by atoms with Crippen molar-refractivity contribution in [2.24, 2.45) is 0 Å². The van der Waals surface area contributed by atoms with E-state index >= 15 is 0 Å². The third-order valence-corrected chi connectivity index (χ3v) is 5.09. The van der Waals surface area contributed by atoms with Gasteiger partial charge in [0, 0.05) is 19.6 Å². The first-order valence-corrected chi connectivity index (χ1v) is 6.72. The lowest BCUT2D eigenvalue weighted by molar-refractivity contribution is 0.375. The second-order valence-electron chi connectivity index (χ2n) is 4.01. The first kappa shape index (κ1) is 10.9. The smallest absolute Gasteiger partial charge is 0.197 e. The zero-order valence-electron chi connectivity index (χ0n) is 8.59. The van der Waals surface area contributed by atoms with Gasteiger partial charge in [-0.3, -0.25) is 0 Å². The molecule has 0 radical (unpaired) electrons. The molecule has 0 aliphatic carbocycles. The third kappa shape index (κ3) is 1.87. The molecule has 5 nitrogen and oxygen atoms in total. The Morgan fingerprint density at radius 1 is 1.13 bits per heavy atom. The number of hydrogen-bond acceptors (Lipinski definition) is 3. The molecule has 2 aliphatic rings. The summed E-state index contributed by atoms with van der Waals surface area (Å²) in [5.41, 5.74) is 0. The molecule has 0 aromatic heterocycles. The highest BCUT2D eigenvalue weighted by Crippen LogP contribution is 2.24. The van der Waals surface area contributed by atoms with Gasteiger partial charge in [0.25, 0.3) is 10.2 Å². The predicted octanol–water partition coefficient (Wildman–Crippen LogP) is 0.315. The highest BCUT2D eigenvalue weighted by molar-refractivity contribution is 7.86. The van der Waals surface area contributed by atoms with Crippen LogP contribution >= 0.6 is 0 Å². The molecule has 0 amide bonds. The van der Waals surface area contributed by atoms with E-state index in [0.29, 0.717) is 26.1 Å². The van der Waals surface area contributed by atoms with Crippen LogP contribution in [0.5, 0.6) is 0 Å². The number of nitriles is 1. The molecule has 2 fully saturated rings. The quantitative estimate of drug-likeness (QED) is 0.684. The van der Waals surface area contributed by atoms with Crippen molar-refractivity contribution in [2.75, 3.05) is 19.6 Å². The van der Waals surface area contributed by atoms with Gasteiger partial charge in [-0.15, -0.1) is 0 Å². The molecular formula is C9H15N3O2S. The van der Waals surface area contributed by atoms with Crippen molar-refractivity contribution in [1.82, 2.24) is 8.61 Å². The van der Waals surface area contributed by atoms with Crippen molar-refractivity contribution >= 4 is 10.2 Å². The van der Waals surface area contributed by atoms with E-state index in [2.05, 4.69) is 6.07 Å². The first-order chi connectivity index (χ1) is 7.16. The average molecular weight is 229 g/mol. The van der Waals surface area contributed by atoms with Gasteiger partial charge in [-0.1, -0.05) is 0 Å². The summed E-state index contributed by atoms with van der Waals surface area (Å²) in [4.78, 5) is 0. The average Bonchev–Trinajstić information content (AvgIpc) is 2.89. The third-order valence-electron chi connectivity index (χ3n) is 3.04. The lowest BCUT2D eigenvalue weighted by atomic mass is 10.2. The van der Waals surface area contributed by atoms with Gasteiger partial charge in [0.05, 0.1) is 6.07 Å². The van der Waals surface area contributed by atoms with E-state index in [4.69, 9.17) is 5.26 Å². The fraction of sp³-hybridized carbons (Fsp3) is 0.889. The summed E-state index contributed by atoms with van der Waals surface area (Å²) in [5.74, 6) is 0. The largest absolute Gasteiger partial charge is 0.283 e. The molecular weight excluding hydrogens is 214 g/mol. The van der Waals surface area contributed by atoms with Crippen LogP contribution in [0.3, 0.4) is 0 Å². The molecule has 2 aliphatic heterocycles. The molecule has 0 bridgehead atoms. The van der Waals surface area contributed by atoms with Gasteiger partial charge in [0.15, 0.2) is 0 Å². The molecule has 2 rings (SSSR count). The Kier molecular flexibility index (Phi) is 2.96. The van der Waals surface area contributed by atoms with Crippen molar-refractivity contribution in [3.63, 3.8) is 0 Å². The van der Waals surface area contributed by atoms with Gasteiger partial charge in [-0.05, 0) is 25.7 Å². The van der Waals surface area contributed by atoms with Crippen molar-refractivity contribution in [3.05, 3.63) is 0 Å². The second-order valence-corrected chi connectivity index (χ2v) is 5.89. The second kappa shape index (κ2) is 4.08. The summed E-state index contributed by atoms with van der Waals surface area (Å²) in [7, 11) is -3.36. The summed E-state index contributed by atoms with van der Waals surface area (Å²) < 4.78 is 27.1. The number of hydrogen-bond donors (Lipinski definition) is 0. The Balaban J connectivity index is 2.18. The lowest BCUT2D eigenvalue weighted by Gasteiger charge is -2.25. The SMILES string of the molecule is N#CC1CCCN1S(=O)(=O)N1CCCC1. The molecule has 1 atom stereocenters. The van der Waals surface area contributed by atoms with E-state index in [1.165, 1.54) is 8.61 Å². The zero-order chi connectivity index (χ0) is 10.9. The van der Waals surface area contributed by atoms with Crippen LogP contribution in [0.15, 0.2) is 0 Å². The summed E-state index contributed by atoms with van der Waals surface area (Å²) in [6.07, 6.45) is 3.34. The fourth-order valence-corrected chi connectivity index (χ4v) is 4.06. The van der Waals surface area contributed by atoms with E-state index in [1.54, 1.807) is 0 Å². The predicted molar refractivity (Wildman–Crippen MR) is 55.1 cm³/mol. The van der Waals surface area contributed by atoms with Crippen LogP contribution in [0.2, 0.25) is 0 Å². The Morgan fingerprint density at radius 2 is 1.80 bits per heavy atom. The van der Waals surface area contributed by atoms with Gasteiger partial charge in [0.1, 0.15) is 6.04 Å². The Bertz CT molecular complexity index is 367. The molecule has 0 spiro atoms. The summed E-state index contributed by atoms with van der Waals surface area (Å²) in [5, 5.41) is 8.87. The lowest BCUT2D eigenvalue weighted by Crippen LogP contribution is -2.44. The van der Waals surface area contributed by atoms with E-state index in [9.17, 15) is 8.42 Å². The molecule has 0 aromatic carbocycles. The molecule has 2 saturated heterocycles. The summed E-state index contributed by atoms with van der Waals surface area (Å²) >= 11 is 0. The molecule has 0 N–H and O–H groups in total. The minimum absolute atomic E-state index is 0.449. The van der Waals surface area contributed by atoms with Crippen molar-refractivity contribution < 1.29 is 8.42 Å². The Labute approximate surface area is 90.5 Å². The van der Waals surface area contributed by atoms with Crippen molar-refractivity contribution in [1.29, 1.82) is 5.26 Å². The minimum Gasteiger partial charge on any atom is -0.197 e. The number of rotatable bonds is 2. The van der Waals surface area contributed by atoms with E-state index in [1.807, 2.05) is 0 Å². The van der Waals surface area contributed by atoms with Crippen LogP contribution < -0.4 is 0 Å². The molecule has 15 heavy (non-hydrogen) atoms. The first-order valence-electron chi connectivity index (χ1n) is 5.33. The summed E-state index contributed by atoms with van der Waals surface area (Å²) in [6.45, 7) is 1.71. The number of nitrogens with zero attached hydrogens (tertiary/aromatic N) is 3. The van der Waals surface area contributed by atoms with Crippen molar-refractivity contribution in [2.45, 2.75) is 31.7 Å². The van der Waals surface area contributed by atoms with Crippen LogP contribution in [-0.4, -0.2) is 42.7 Å². The highest BCUT2D eigenvalue weighted by atomic mass is 32.2. The molecule has 6 heteroatoms. The molecule has 2 heterocycles. The minimum atomic E-state index is -3.36. The molecule has 84 valence electrons.